The lowest BCUT2D eigenvalue weighted by Crippen LogP contribution is -2.50. The molecule has 0 saturated carbocycles. The summed E-state index contributed by atoms with van der Waals surface area (Å²) in [5, 5.41) is 13.7. The lowest BCUT2D eigenvalue weighted by atomic mass is 10.00. The highest BCUT2D eigenvalue weighted by atomic mass is 16.3. The molecule has 1 aromatic carbocycles. The topological polar surface area (TPSA) is 35.5 Å². The van der Waals surface area contributed by atoms with Crippen molar-refractivity contribution in [3.63, 3.8) is 0 Å². The van der Waals surface area contributed by atoms with Gasteiger partial charge in [0.1, 0.15) is 0 Å². The smallest absolute Gasteiger partial charge is 0.0870 e. The third-order valence-corrected chi connectivity index (χ3v) is 3.95. The Morgan fingerprint density at radius 2 is 1.79 bits per heavy atom. The van der Waals surface area contributed by atoms with Crippen molar-refractivity contribution in [2.75, 3.05) is 19.6 Å². The lowest BCUT2D eigenvalue weighted by molar-refractivity contribution is 0.00627. The molecule has 1 aromatic rings. The zero-order chi connectivity index (χ0) is 14.1. The van der Waals surface area contributed by atoms with E-state index in [9.17, 15) is 5.11 Å². The maximum absolute atomic E-state index is 10.4. The summed E-state index contributed by atoms with van der Waals surface area (Å²) in [6, 6.07) is 8.66. The van der Waals surface area contributed by atoms with E-state index in [2.05, 4.69) is 55.3 Å². The van der Waals surface area contributed by atoms with Crippen LogP contribution in [0.25, 0.3) is 0 Å². The molecule has 0 bridgehead atoms. The van der Waals surface area contributed by atoms with Crippen molar-refractivity contribution in [3.8, 4) is 0 Å². The fourth-order valence-electron chi connectivity index (χ4n) is 2.61. The van der Waals surface area contributed by atoms with E-state index in [1.807, 2.05) is 6.92 Å². The molecule has 1 fully saturated rings. The van der Waals surface area contributed by atoms with E-state index in [-0.39, 0.29) is 5.54 Å². The number of aryl methyl sites for hydroxylation is 1. The Kier molecular flexibility index (Phi) is 4.00. The molecule has 106 valence electrons. The van der Waals surface area contributed by atoms with Crippen molar-refractivity contribution in [1.82, 2.24) is 10.2 Å². The van der Waals surface area contributed by atoms with E-state index in [0.717, 1.165) is 13.1 Å². The van der Waals surface area contributed by atoms with Crippen LogP contribution >= 0.6 is 0 Å². The van der Waals surface area contributed by atoms with E-state index in [0.29, 0.717) is 13.1 Å². The second kappa shape index (κ2) is 5.23. The van der Waals surface area contributed by atoms with Crippen molar-refractivity contribution >= 4 is 0 Å². The first-order chi connectivity index (χ1) is 8.78. The van der Waals surface area contributed by atoms with Gasteiger partial charge in [0.25, 0.3) is 0 Å². The van der Waals surface area contributed by atoms with Crippen LogP contribution in [0.1, 0.15) is 31.9 Å². The first-order valence-corrected chi connectivity index (χ1v) is 7.02. The van der Waals surface area contributed by atoms with Crippen LogP contribution in [0.2, 0.25) is 0 Å². The molecular weight excluding hydrogens is 236 g/mol. The second-order valence-electron chi connectivity index (χ2n) is 6.75. The summed E-state index contributed by atoms with van der Waals surface area (Å²) in [5.74, 6) is 0. The Balaban J connectivity index is 2.16. The number of benzene rings is 1. The van der Waals surface area contributed by atoms with Gasteiger partial charge in [-0.05, 0) is 33.3 Å². The largest absolute Gasteiger partial charge is 0.388 e. The van der Waals surface area contributed by atoms with Crippen LogP contribution in [0.4, 0.5) is 0 Å². The van der Waals surface area contributed by atoms with Gasteiger partial charge in [-0.2, -0.15) is 0 Å². The summed E-state index contributed by atoms with van der Waals surface area (Å²) in [6.07, 6.45) is 0. The quantitative estimate of drug-likeness (QED) is 0.855. The van der Waals surface area contributed by atoms with Gasteiger partial charge in [0.05, 0.1) is 5.60 Å². The number of hydrogen-bond donors (Lipinski definition) is 2. The first kappa shape index (κ1) is 14.5. The maximum Gasteiger partial charge on any atom is 0.0870 e. The van der Waals surface area contributed by atoms with Gasteiger partial charge in [-0.1, -0.05) is 29.8 Å². The normalized spacial score (nSPS) is 28.1. The van der Waals surface area contributed by atoms with Crippen molar-refractivity contribution in [2.45, 2.75) is 45.4 Å². The highest BCUT2D eigenvalue weighted by molar-refractivity contribution is 5.21. The molecule has 19 heavy (non-hydrogen) atoms. The fraction of sp³-hybridized carbons (Fsp3) is 0.625. The van der Waals surface area contributed by atoms with Crippen molar-refractivity contribution < 1.29 is 5.11 Å². The molecule has 1 saturated heterocycles. The number of nitrogens with zero attached hydrogens (tertiary/aromatic N) is 1. The van der Waals surface area contributed by atoms with Crippen molar-refractivity contribution in [2.24, 2.45) is 0 Å². The Bertz CT molecular complexity index is 423. The second-order valence-corrected chi connectivity index (χ2v) is 6.75. The standard InChI is InChI=1S/C16H26N2O/c1-13-5-7-14(8-6-13)9-18-12-16(4,19)11-17-10-15(18,2)3/h5-8,17,19H,9-12H2,1-4H3. The summed E-state index contributed by atoms with van der Waals surface area (Å²) in [6.45, 7) is 11.6. The van der Waals surface area contributed by atoms with Gasteiger partial charge in [0.2, 0.25) is 0 Å². The average molecular weight is 262 g/mol. The lowest BCUT2D eigenvalue weighted by Gasteiger charge is -2.39. The van der Waals surface area contributed by atoms with Crippen LogP contribution in [0.5, 0.6) is 0 Å². The van der Waals surface area contributed by atoms with Gasteiger partial charge in [-0.15, -0.1) is 0 Å². The average Bonchev–Trinajstić information content (AvgIpc) is 2.39. The molecule has 2 N–H and O–H groups in total. The molecule has 1 aliphatic rings. The molecule has 1 aliphatic heterocycles. The Hall–Kier alpha value is -0.900. The van der Waals surface area contributed by atoms with Crippen LogP contribution in [-0.2, 0) is 6.54 Å². The third kappa shape index (κ3) is 3.78. The van der Waals surface area contributed by atoms with E-state index in [4.69, 9.17) is 0 Å². The van der Waals surface area contributed by atoms with Crippen LogP contribution in [0.3, 0.4) is 0 Å². The molecule has 0 aromatic heterocycles. The Labute approximate surface area is 116 Å². The molecule has 0 radical (unpaired) electrons. The zero-order valence-corrected chi connectivity index (χ0v) is 12.5. The zero-order valence-electron chi connectivity index (χ0n) is 12.5. The predicted octanol–water partition coefficient (Wildman–Crippen LogP) is 1.93. The number of nitrogens with one attached hydrogen (secondary N) is 1. The maximum atomic E-state index is 10.4. The molecule has 2 rings (SSSR count). The third-order valence-electron chi connectivity index (χ3n) is 3.95. The van der Waals surface area contributed by atoms with Crippen LogP contribution in [0, 0.1) is 6.92 Å². The minimum absolute atomic E-state index is 0.0470. The number of aliphatic hydroxyl groups is 1. The SMILES string of the molecule is Cc1ccc(CN2CC(C)(O)CNCC2(C)C)cc1. The van der Waals surface area contributed by atoms with Crippen LogP contribution in [-0.4, -0.2) is 40.8 Å². The highest BCUT2D eigenvalue weighted by Crippen LogP contribution is 2.23. The number of hydrogen-bond acceptors (Lipinski definition) is 3. The summed E-state index contributed by atoms with van der Waals surface area (Å²) < 4.78 is 0. The van der Waals surface area contributed by atoms with E-state index < -0.39 is 5.60 Å². The van der Waals surface area contributed by atoms with Gasteiger partial charge in [0.15, 0.2) is 0 Å². The van der Waals surface area contributed by atoms with E-state index >= 15 is 0 Å². The molecule has 0 amide bonds. The number of rotatable bonds is 2. The molecule has 0 spiro atoms. The van der Waals surface area contributed by atoms with Gasteiger partial charge in [0, 0.05) is 31.7 Å². The number of β-amino-alcohol motifs (C(OH)–C–C–N with tert-alkyl or cyclic N) is 1. The summed E-state index contributed by atoms with van der Waals surface area (Å²) >= 11 is 0. The van der Waals surface area contributed by atoms with Crippen LogP contribution < -0.4 is 5.32 Å². The fourth-order valence-corrected chi connectivity index (χ4v) is 2.61. The highest BCUT2D eigenvalue weighted by Gasteiger charge is 2.36. The van der Waals surface area contributed by atoms with Crippen molar-refractivity contribution in [1.29, 1.82) is 0 Å². The molecule has 3 heteroatoms. The summed E-state index contributed by atoms with van der Waals surface area (Å²) in [7, 11) is 0. The molecule has 1 heterocycles. The first-order valence-electron chi connectivity index (χ1n) is 7.02. The van der Waals surface area contributed by atoms with Gasteiger partial charge in [-0.3, -0.25) is 4.90 Å². The summed E-state index contributed by atoms with van der Waals surface area (Å²) in [5.41, 5.74) is 1.97. The minimum Gasteiger partial charge on any atom is -0.388 e. The molecule has 1 atom stereocenters. The predicted molar refractivity (Wildman–Crippen MR) is 79.2 cm³/mol. The minimum atomic E-state index is -0.668. The van der Waals surface area contributed by atoms with Gasteiger partial charge >= 0.3 is 0 Å². The van der Waals surface area contributed by atoms with E-state index in [1.54, 1.807) is 0 Å². The Morgan fingerprint density at radius 1 is 1.16 bits per heavy atom. The van der Waals surface area contributed by atoms with Gasteiger partial charge < -0.3 is 10.4 Å². The Morgan fingerprint density at radius 3 is 2.42 bits per heavy atom. The molecule has 3 nitrogen and oxygen atoms in total. The summed E-state index contributed by atoms with van der Waals surface area (Å²) in [4.78, 5) is 2.37. The molecular formula is C16H26N2O. The van der Waals surface area contributed by atoms with Crippen LogP contribution in [0.15, 0.2) is 24.3 Å². The molecule has 0 aliphatic carbocycles. The van der Waals surface area contributed by atoms with E-state index in [1.165, 1.54) is 11.1 Å². The van der Waals surface area contributed by atoms with Gasteiger partial charge in [-0.25, -0.2) is 0 Å². The molecule has 1 unspecified atom stereocenters. The van der Waals surface area contributed by atoms with Crippen molar-refractivity contribution in [3.05, 3.63) is 35.4 Å². The monoisotopic (exact) mass is 262 g/mol.